The van der Waals surface area contributed by atoms with Crippen molar-refractivity contribution in [3.63, 3.8) is 0 Å². The lowest BCUT2D eigenvalue weighted by molar-refractivity contribution is -0.116. The minimum absolute atomic E-state index is 0.0903. The van der Waals surface area contributed by atoms with Crippen molar-refractivity contribution in [1.82, 2.24) is 5.32 Å². The van der Waals surface area contributed by atoms with Gasteiger partial charge in [-0.15, -0.1) is 0 Å². The molecule has 5 nitrogen and oxygen atoms in total. The number of methoxy groups -OCH3 is 1. The zero-order valence-electron chi connectivity index (χ0n) is 14.3. The molecule has 0 unspecified atom stereocenters. The zero-order chi connectivity index (χ0) is 18.1. The number of benzene rings is 2. The van der Waals surface area contributed by atoms with Crippen LogP contribution < -0.4 is 14.8 Å². The van der Waals surface area contributed by atoms with Gasteiger partial charge in [0.05, 0.1) is 19.2 Å². The first-order chi connectivity index (χ1) is 12.1. The first-order valence-electron chi connectivity index (χ1n) is 7.93. The van der Waals surface area contributed by atoms with E-state index < -0.39 is 0 Å². The molecule has 0 spiro atoms. The molecule has 130 valence electrons. The lowest BCUT2D eigenvalue weighted by atomic mass is 10.1. The molecule has 2 rings (SSSR count). The molecular weight excluding hydrogens is 318 g/mol. The summed E-state index contributed by atoms with van der Waals surface area (Å²) in [5.41, 5.74) is 1.44. The molecule has 0 radical (unpaired) electrons. The normalized spacial score (nSPS) is 10.5. The third-order valence-electron chi connectivity index (χ3n) is 3.45. The smallest absolute Gasteiger partial charge is 0.244 e. The van der Waals surface area contributed by atoms with Crippen LogP contribution in [0.1, 0.15) is 22.8 Å². The predicted octanol–water partition coefficient (Wildman–Crippen LogP) is 3.11. The van der Waals surface area contributed by atoms with Crippen molar-refractivity contribution in [3.8, 4) is 11.5 Å². The maximum absolute atomic E-state index is 11.8. The number of carbonyl (C=O) groups is 2. The molecular formula is C20H21NO4. The highest BCUT2D eigenvalue weighted by molar-refractivity contribution is 5.97. The van der Waals surface area contributed by atoms with Crippen LogP contribution in [-0.4, -0.2) is 32.0 Å². The summed E-state index contributed by atoms with van der Waals surface area (Å²) in [4.78, 5) is 23.4. The Balaban J connectivity index is 1.83. The summed E-state index contributed by atoms with van der Waals surface area (Å²) in [5, 5.41) is 2.73. The zero-order valence-corrected chi connectivity index (χ0v) is 14.3. The van der Waals surface area contributed by atoms with E-state index in [0.29, 0.717) is 23.6 Å². The molecule has 1 amide bonds. The van der Waals surface area contributed by atoms with Crippen molar-refractivity contribution in [2.75, 3.05) is 20.3 Å². The maximum atomic E-state index is 11.8. The Labute approximate surface area is 147 Å². The third kappa shape index (κ3) is 5.80. The van der Waals surface area contributed by atoms with Crippen LogP contribution in [0.3, 0.4) is 0 Å². The van der Waals surface area contributed by atoms with Gasteiger partial charge in [-0.05, 0) is 30.7 Å². The molecule has 0 saturated heterocycles. The van der Waals surface area contributed by atoms with Gasteiger partial charge in [0.15, 0.2) is 5.78 Å². The molecule has 0 fully saturated rings. The topological polar surface area (TPSA) is 64.6 Å². The minimum Gasteiger partial charge on any atom is -0.497 e. The van der Waals surface area contributed by atoms with Crippen LogP contribution in [0.25, 0.3) is 6.08 Å². The molecule has 25 heavy (non-hydrogen) atoms. The van der Waals surface area contributed by atoms with Gasteiger partial charge < -0.3 is 14.8 Å². The lowest BCUT2D eigenvalue weighted by Gasteiger charge is -2.11. The molecule has 2 aromatic rings. The number of carbonyl (C=O) groups excluding carboxylic acids is 2. The number of rotatable bonds is 8. The molecule has 5 heteroatoms. The Morgan fingerprint density at radius 3 is 2.56 bits per heavy atom. The van der Waals surface area contributed by atoms with E-state index in [0.717, 1.165) is 5.56 Å². The Hall–Kier alpha value is -3.08. The van der Waals surface area contributed by atoms with Crippen molar-refractivity contribution in [3.05, 3.63) is 65.7 Å². The number of amides is 1. The van der Waals surface area contributed by atoms with Crippen molar-refractivity contribution < 1.29 is 19.1 Å². The Kier molecular flexibility index (Phi) is 6.77. The number of hydrogen-bond acceptors (Lipinski definition) is 4. The molecule has 0 aliphatic rings. The summed E-state index contributed by atoms with van der Waals surface area (Å²) in [6.45, 7) is 2.05. The van der Waals surface area contributed by atoms with Crippen molar-refractivity contribution >= 4 is 17.8 Å². The summed E-state index contributed by atoms with van der Waals surface area (Å²) in [7, 11) is 1.55. The summed E-state index contributed by atoms with van der Waals surface area (Å²) < 4.78 is 10.8. The van der Waals surface area contributed by atoms with Gasteiger partial charge >= 0.3 is 0 Å². The summed E-state index contributed by atoms with van der Waals surface area (Å²) in [5.74, 6) is 0.758. The third-order valence-corrected chi connectivity index (χ3v) is 3.45. The van der Waals surface area contributed by atoms with E-state index >= 15 is 0 Å². The number of ether oxygens (including phenoxy) is 2. The summed E-state index contributed by atoms with van der Waals surface area (Å²) in [6.07, 6.45) is 3.22. The standard InChI is InChI=1S/C20H21NO4/c1-15(22)18-10-9-17(24-2)14-19(18)25-13-12-21-20(23)11-8-16-6-4-3-5-7-16/h3-11,14H,12-13H2,1-2H3,(H,21,23)/b11-8+. The number of hydrogen-bond donors (Lipinski definition) is 1. The molecule has 0 aliphatic heterocycles. The molecule has 2 aromatic carbocycles. The molecule has 0 aromatic heterocycles. The second kappa shape index (κ2) is 9.27. The highest BCUT2D eigenvalue weighted by atomic mass is 16.5. The van der Waals surface area contributed by atoms with E-state index in [1.165, 1.54) is 13.0 Å². The van der Waals surface area contributed by atoms with Gasteiger partial charge in [-0.3, -0.25) is 9.59 Å². The van der Waals surface area contributed by atoms with Gasteiger partial charge in [-0.1, -0.05) is 30.3 Å². The summed E-state index contributed by atoms with van der Waals surface area (Å²) in [6, 6.07) is 14.6. The van der Waals surface area contributed by atoms with Crippen LogP contribution in [0.4, 0.5) is 0 Å². The van der Waals surface area contributed by atoms with Crippen LogP contribution in [0, 0.1) is 0 Å². The van der Waals surface area contributed by atoms with Crippen molar-refractivity contribution in [1.29, 1.82) is 0 Å². The van der Waals surface area contributed by atoms with Crippen LogP contribution in [0.5, 0.6) is 11.5 Å². The van der Waals surface area contributed by atoms with Crippen molar-refractivity contribution in [2.45, 2.75) is 6.92 Å². The second-order valence-electron chi connectivity index (χ2n) is 5.30. The van der Waals surface area contributed by atoms with E-state index in [1.807, 2.05) is 30.3 Å². The average molecular weight is 339 g/mol. The van der Waals surface area contributed by atoms with Gasteiger partial charge in [-0.25, -0.2) is 0 Å². The van der Waals surface area contributed by atoms with Crippen LogP contribution in [0.15, 0.2) is 54.6 Å². The fraction of sp³-hybridized carbons (Fsp3) is 0.200. The number of Topliss-reactive ketones (excluding diaryl/α,β-unsaturated/α-hetero) is 1. The molecule has 0 heterocycles. The number of nitrogens with one attached hydrogen (secondary N) is 1. The predicted molar refractivity (Wildman–Crippen MR) is 97.0 cm³/mol. The van der Waals surface area contributed by atoms with Crippen molar-refractivity contribution in [2.24, 2.45) is 0 Å². The molecule has 1 N–H and O–H groups in total. The van der Waals surface area contributed by atoms with Gasteiger partial charge in [0.2, 0.25) is 5.91 Å². The minimum atomic E-state index is -0.204. The van der Waals surface area contributed by atoms with E-state index in [1.54, 1.807) is 31.4 Å². The lowest BCUT2D eigenvalue weighted by Crippen LogP contribution is -2.26. The molecule has 0 bridgehead atoms. The van der Waals surface area contributed by atoms with Gasteiger partial charge in [0, 0.05) is 12.1 Å². The maximum Gasteiger partial charge on any atom is 0.244 e. The average Bonchev–Trinajstić information content (AvgIpc) is 2.64. The molecule has 0 atom stereocenters. The largest absolute Gasteiger partial charge is 0.497 e. The number of ketones is 1. The first-order valence-corrected chi connectivity index (χ1v) is 7.93. The highest BCUT2D eigenvalue weighted by Crippen LogP contribution is 2.25. The summed E-state index contributed by atoms with van der Waals surface area (Å²) >= 11 is 0. The molecule has 0 aliphatic carbocycles. The first kappa shape index (κ1) is 18.3. The molecule has 0 saturated carbocycles. The van der Waals surface area contributed by atoms with E-state index in [2.05, 4.69) is 5.32 Å². The monoisotopic (exact) mass is 339 g/mol. The highest BCUT2D eigenvalue weighted by Gasteiger charge is 2.10. The van der Waals surface area contributed by atoms with Crippen LogP contribution >= 0.6 is 0 Å². The van der Waals surface area contributed by atoms with Crippen LogP contribution in [-0.2, 0) is 4.79 Å². The SMILES string of the molecule is COc1ccc(C(C)=O)c(OCCNC(=O)/C=C/c2ccccc2)c1. The van der Waals surface area contributed by atoms with Crippen LogP contribution in [0.2, 0.25) is 0 Å². The van der Waals surface area contributed by atoms with E-state index in [-0.39, 0.29) is 18.3 Å². The van der Waals surface area contributed by atoms with Gasteiger partial charge in [0.25, 0.3) is 0 Å². The van der Waals surface area contributed by atoms with Gasteiger partial charge in [0.1, 0.15) is 18.1 Å². The Bertz CT molecular complexity index is 754. The Morgan fingerprint density at radius 1 is 1.12 bits per heavy atom. The fourth-order valence-electron chi connectivity index (χ4n) is 2.17. The second-order valence-corrected chi connectivity index (χ2v) is 5.30. The fourth-order valence-corrected chi connectivity index (χ4v) is 2.17. The quantitative estimate of drug-likeness (QED) is 0.456. The van der Waals surface area contributed by atoms with E-state index in [9.17, 15) is 9.59 Å². The Morgan fingerprint density at radius 2 is 1.88 bits per heavy atom. The van der Waals surface area contributed by atoms with E-state index in [4.69, 9.17) is 9.47 Å². The van der Waals surface area contributed by atoms with Gasteiger partial charge in [-0.2, -0.15) is 0 Å².